The minimum atomic E-state index is -4.38. The largest absolute Gasteiger partial charge is 0.507 e. The first-order valence-electron chi connectivity index (χ1n) is 7.78. The Bertz CT molecular complexity index is 1040. The van der Waals surface area contributed by atoms with Crippen LogP contribution in [-0.4, -0.2) is 5.11 Å². The second-order valence-electron chi connectivity index (χ2n) is 6.89. The molecule has 0 saturated carbocycles. The number of halogens is 4. The zero-order chi connectivity index (χ0) is 18.1. The fourth-order valence-corrected chi connectivity index (χ4v) is 4.12. The highest BCUT2D eigenvalue weighted by Crippen LogP contribution is 2.54. The maximum absolute atomic E-state index is 13.2. The number of phenolic OH excluding ortho intramolecular Hbond substituents is 1. The summed E-state index contributed by atoms with van der Waals surface area (Å²) in [6.07, 6.45) is -4.38. The van der Waals surface area contributed by atoms with Gasteiger partial charge in [-0.25, -0.2) is 0 Å². The van der Waals surface area contributed by atoms with E-state index in [4.69, 9.17) is 0 Å². The van der Waals surface area contributed by atoms with Crippen molar-refractivity contribution in [2.45, 2.75) is 25.4 Å². The molecule has 0 aliphatic heterocycles. The molecule has 1 nitrogen and oxygen atoms in total. The standard InChI is InChI=1S/C20H14BrF3O/c1-19(2)15-7-10(20(22,23)24)3-5-13(15)18-14-8-11(21)4-6-12(14)17(25)9-16(18)19/h3-9,25H,1-2H3. The molecule has 0 aromatic heterocycles. The topological polar surface area (TPSA) is 20.2 Å². The van der Waals surface area contributed by atoms with Gasteiger partial charge in [-0.3, -0.25) is 0 Å². The van der Waals surface area contributed by atoms with Crippen molar-refractivity contribution in [3.63, 3.8) is 0 Å². The fourth-order valence-electron chi connectivity index (χ4n) is 3.76. The lowest BCUT2D eigenvalue weighted by atomic mass is 9.81. The van der Waals surface area contributed by atoms with Crippen molar-refractivity contribution in [3.05, 3.63) is 63.6 Å². The van der Waals surface area contributed by atoms with Gasteiger partial charge >= 0.3 is 6.18 Å². The molecule has 3 aromatic rings. The molecule has 25 heavy (non-hydrogen) atoms. The molecule has 0 heterocycles. The summed E-state index contributed by atoms with van der Waals surface area (Å²) in [7, 11) is 0. The van der Waals surface area contributed by atoms with Crippen LogP contribution in [0.15, 0.2) is 46.9 Å². The summed E-state index contributed by atoms with van der Waals surface area (Å²) in [5.74, 6) is 0.137. The van der Waals surface area contributed by atoms with Gasteiger partial charge < -0.3 is 5.11 Å². The highest BCUT2D eigenvalue weighted by molar-refractivity contribution is 9.10. The van der Waals surface area contributed by atoms with E-state index in [1.807, 2.05) is 32.0 Å². The third-order valence-electron chi connectivity index (χ3n) is 5.04. The van der Waals surface area contributed by atoms with Gasteiger partial charge in [-0.05, 0) is 64.0 Å². The van der Waals surface area contributed by atoms with E-state index in [2.05, 4.69) is 15.9 Å². The van der Waals surface area contributed by atoms with Crippen molar-refractivity contribution in [1.82, 2.24) is 0 Å². The van der Waals surface area contributed by atoms with Crippen LogP contribution in [0.4, 0.5) is 13.2 Å². The Morgan fingerprint density at radius 1 is 0.920 bits per heavy atom. The van der Waals surface area contributed by atoms with Gasteiger partial charge in [-0.1, -0.05) is 35.8 Å². The monoisotopic (exact) mass is 406 g/mol. The normalized spacial score (nSPS) is 15.3. The maximum atomic E-state index is 13.2. The molecule has 0 atom stereocenters. The van der Waals surface area contributed by atoms with Gasteiger partial charge in [0.15, 0.2) is 0 Å². The van der Waals surface area contributed by atoms with E-state index >= 15 is 0 Å². The molecule has 0 spiro atoms. The maximum Gasteiger partial charge on any atom is 0.416 e. The molecule has 1 aliphatic carbocycles. The minimum absolute atomic E-state index is 0.137. The molecule has 1 aliphatic rings. The lowest BCUT2D eigenvalue weighted by Gasteiger charge is -2.22. The van der Waals surface area contributed by atoms with Crippen LogP contribution >= 0.6 is 15.9 Å². The minimum Gasteiger partial charge on any atom is -0.507 e. The Morgan fingerprint density at radius 2 is 1.64 bits per heavy atom. The molecule has 0 radical (unpaired) electrons. The summed E-state index contributed by atoms with van der Waals surface area (Å²) in [6.45, 7) is 3.78. The molecule has 0 saturated heterocycles. The van der Waals surface area contributed by atoms with Gasteiger partial charge in [0.25, 0.3) is 0 Å². The molecule has 0 bridgehead atoms. The van der Waals surface area contributed by atoms with Gasteiger partial charge in [0, 0.05) is 15.3 Å². The number of fused-ring (bicyclic) bond motifs is 5. The Kier molecular flexibility index (Phi) is 3.30. The van der Waals surface area contributed by atoms with Crippen LogP contribution in [0.2, 0.25) is 0 Å². The van der Waals surface area contributed by atoms with Crippen molar-refractivity contribution in [3.8, 4) is 16.9 Å². The molecule has 0 unspecified atom stereocenters. The number of alkyl halides is 3. The number of hydrogen-bond acceptors (Lipinski definition) is 1. The quantitative estimate of drug-likeness (QED) is 0.443. The molecular weight excluding hydrogens is 393 g/mol. The highest BCUT2D eigenvalue weighted by atomic mass is 79.9. The van der Waals surface area contributed by atoms with E-state index in [1.165, 1.54) is 6.07 Å². The second kappa shape index (κ2) is 5.01. The summed E-state index contributed by atoms with van der Waals surface area (Å²) in [5, 5.41) is 11.9. The number of rotatable bonds is 0. The zero-order valence-electron chi connectivity index (χ0n) is 13.5. The molecule has 5 heteroatoms. The molecule has 1 N–H and O–H groups in total. The lowest BCUT2D eigenvalue weighted by molar-refractivity contribution is -0.137. The zero-order valence-corrected chi connectivity index (χ0v) is 15.1. The molecule has 0 amide bonds. The van der Waals surface area contributed by atoms with Crippen LogP contribution in [0.1, 0.15) is 30.5 Å². The van der Waals surface area contributed by atoms with Crippen LogP contribution in [-0.2, 0) is 11.6 Å². The van der Waals surface area contributed by atoms with E-state index in [0.29, 0.717) is 10.9 Å². The third-order valence-corrected chi connectivity index (χ3v) is 5.53. The molecule has 0 fully saturated rings. The van der Waals surface area contributed by atoms with Crippen LogP contribution in [0.25, 0.3) is 21.9 Å². The van der Waals surface area contributed by atoms with Gasteiger partial charge in [-0.2, -0.15) is 13.2 Å². The Balaban J connectivity index is 2.12. The van der Waals surface area contributed by atoms with Crippen molar-refractivity contribution in [2.75, 3.05) is 0 Å². The predicted molar refractivity (Wildman–Crippen MR) is 95.9 cm³/mol. The first-order chi connectivity index (χ1) is 11.6. The van der Waals surface area contributed by atoms with Gasteiger partial charge in [0.05, 0.1) is 5.56 Å². The number of phenols is 1. The van der Waals surface area contributed by atoms with Crippen molar-refractivity contribution in [1.29, 1.82) is 0 Å². The number of hydrogen-bond donors (Lipinski definition) is 1. The summed E-state index contributed by atoms with van der Waals surface area (Å²) in [4.78, 5) is 0. The summed E-state index contributed by atoms with van der Waals surface area (Å²) >= 11 is 3.44. The van der Waals surface area contributed by atoms with Crippen molar-refractivity contribution < 1.29 is 18.3 Å². The number of aromatic hydroxyl groups is 1. The van der Waals surface area contributed by atoms with Crippen LogP contribution < -0.4 is 0 Å². The fraction of sp³-hybridized carbons (Fsp3) is 0.200. The first-order valence-corrected chi connectivity index (χ1v) is 8.58. The van der Waals surface area contributed by atoms with Gasteiger partial charge in [-0.15, -0.1) is 0 Å². The van der Waals surface area contributed by atoms with Crippen LogP contribution in [0.5, 0.6) is 5.75 Å². The van der Waals surface area contributed by atoms with E-state index in [9.17, 15) is 18.3 Å². The molecule has 3 aromatic carbocycles. The van der Waals surface area contributed by atoms with E-state index in [1.54, 1.807) is 12.1 Å². The smallest absolute Gasteiger partial charge is 0.416 e. The molecule has 4 rings (SSSR count). The summed E-state index contributed by atoms with van der Waals surface area (Å²) in [6, 6.07) is 11.1. The van der Waals surface area contributed by atoms with Gasteiger partial charge in [0.1, 0.15) is 5.75 Å². The van der Waals surface area contributed by atoms with Crippen molar-refractivity contribution >= 4 is 26.7 Å². The van der Waals surface area contributed by atoms with Crippen molar-refractivity contribution in [2.24, 2.45) is 0 Å². The average Bonchev–Trinajstić information content (AvgIpc) is 2.74. The van der Waals surface area contributed by atoms with Crippen LogP contribution in [0, 0.1) is 0 Å². The summed E-state index contributed by atoms with van der Waals surface area (Å²) in [5.41, 5.74) is 1.87. The first kappa shape index (κ1) is 16.5. The molecular formula is C20H14BrF3O. The second-order valence-corrected chi connectivity index (χ2v) is 7.81. The Hall–Kier alpha value is -2.01. The average molecular weight is 407 g/mol. The van der Waals surface area contributed by atoms with Crippen LogP contribution in [0.3, 0.4) is 0 Å². The Labute approximate surface area is 151 Å². The SMILES string of the molecule is CC1(C)c2cc(C(F)(F)F)ccc2-c2c1cc(O)c1ccc(Br)cc21. The van der Waals surface area contributed by atoms with E-state index in [0.717, 1.165) is 32.6 Å². The van der Waals surface area contributed by atoms with E-state index < -0.39 is 17.2 Å². The number of benzene rings is 3. The van der Waals surface area contributed by atoms with E-state index in [-0.39, 0.29) is 5.75 Å². The van der Waals surface area contributed by atoms with Gasteiger partial charge in [0.2, 0.25) is 0 Å². The predicted octanol–water partition coefficient (Wildman–Crippen LogP) is 6.63. The third kappa shape index (κ3) is 2.29. The highest BCUT2D eigenvalue weighted by Gasteiger charge is 2.40. The lowest BCUT2D eigenvalue weighted by Crippen LogP contribution is -2.16. The summed E-state index contributed by atoms with van der Waals surface area (Å²) < 4.78 is 40.3. The Morgan fingerprint density at radius 3 is 2.32 bits per heavy atom. The molecule has 128 valence electrons.